The van der Waals surface area contributed by atoms with Gasteiger partial charge in [0.05, 0.1) is 25.8 Å². The van der Waals surface area contributed by atoms with Gasteiger partial charge in [-0.3, -0.25) is 19.7 Å². The molecule has 0 radical (unpaired) electrons. The molecule has 0 aliphatic heterocycles. The first-order valence-corrected chi connectivity index (χ1v) is 9.57. The third-order valence-electron chi connectivity index (χ3n) is 3.58. The van der Waals surface area contributed by atoms with Crippen LogP contribution in [0.3, 0.4) is 0 Å². The summed E-state index contributed by atoms with van der Waals surface area (Å²) in [6, 6.07) is 7.40. The fraction of sp³-hybridized carbons (Fsp3) is 0.368. The number of aromatic nitrogens is 1. The highest BCUT2D eigenvalue weighted by molar-refractivity contribution is 7.13. The molecule has 8 nitrogen and oxygen atoms in total. The molecule has 1 heterocycles. The first-order valence-electron chi connectivity index (χ1n) is 8.69. The van der Waals surface area contributed by atoms with E-state index in [4.69, 9.17) is 14.2 Å². The zero-order chi connectivity index (χ0) is 20.4. The molecular formula is C19H22N2O6S. The molecule has 0 spiro atoms. The number of thiazole rings is 1. The van der Waals surface area contributed by atoms with Crippen LogP contribution in [0.2, 0.25) is 0 Å². The summed E-state index contributed by atoms with van der Waals surface area (Å²) in [5.74, 6) is -0.657. The monoisotopic (exact) mass is 406 g/mol. The lowest BCUT2D eigenvalue weighted by molar-refractivity contribution is -0.147. The molecule has 1 amide bonds. The van der Waals surface area contributed by atoms with E-state index in [0.717, 1.165) is 5.56 Å². The molecule has 1 N–H and O–H groups in total. The highest BCUT2D eigenvalue weighted by Crippen LogP contribution is 2.19. The Balaban J connectivity index is 1.72. The summed E-state index contributed by atoms with van der Waals surface area (Å²) in [6.07, 6.45) is 0.626. The molecule has 0 fully saturated rings. The molecule has 150 valence electrons. The van der Waals surface area contributed by atoms with Gasteiger partial charge in [0.25, 0.3) is 5.91 Å². The molecule has 0 aliphatic rings. The molecule has 2 rings (SSSR count). The molecule has 1 aromatic heterocycles. The first kappa shape index (κ1) is 21.4. The Labute approximate surface area is 166 Å². The summed E-state index contributed by atoms with van der Waals surface area (Å²) < 4.78 is 15.1. The Morgan fingerprint density at radius 3 is 2.68 bits per heavy atom. The van der Waals surface area contributed by atoms with Crippen molar-refractivity contribution in [2.45, 2.75) is 26.2 Å². The smallest absolute Gasteiger partial charge is 0.311 e. The number of amides is 1. The van der Waals surface area contributed by atoms with Gasteiger partial charge in [0.1, 0.15) is 5.75 Å². The van der Waals surface area contributed by atoms with Gasteiger partial charge in [-0.2, -0.15) is 0 Å². The summed E-state index contributed by atoms with van der Waals surface area (Å²) in [6.45, 7) is 1.62. The van der Waals surface area contributed by atoms with E-state index in [9.17, 15) is 14.4 Å². The number of carbonyl (C=O) groups excluding carboxylic acids is 3. The minimum atomic E-state index is -0.498. The largest absolute Gasteiger partial charge is 0.496 e. The quantitative estimate of drug-likeness (QED) is 0.604. The van der Waals surface area contributed by atoms with E-state index in [-0.39, 0.29) is 18.8 Å². The molecule has 9 heteroatoms. The predicted octanol–water partition coefficient (Wildman–Crippen LogP) is 2.37. The molecular weight excluding hydrogens is 384 g/mol. The Hall–Kier alpha value is -2.94. The van der Waals surface area contributed by atoms with Crippen LogP contribution in [0.5, 0.6) is 5.75 Å². The standard InChI is InChI=1S/C19H22N2O6S/c1-3-26-18(24)10-14-12-28-19(20-14)21-16(22)11-27-17(23)9-8-13-6-4-5-7-15(13)25-2/h4-7,12H,3,8-11H2,1-2H3,(H,20,21,22). The average molecular weight is 406 g/mol. The van der Waals surface area contributed by atoms with E-state index in [1.807, 2.05) is 24.3 Å². The van der Waals surface area contributed by atoms with Gasteiger partial charge in [-0.15, -0.1) is 11.3 Å². The number of hydrogen-bond donors (Lipinski definition) is 1. The Morgan fingerprint density at radius 2 is 1.93 bits per heavy atom. The normalized spacial score (nSPS) is 10.2. The van der Waals surface area contributed by atoms with Gasteiger partial charge in [-0.1, -0.05) is 18.2 Å². The number of nitrogens with zero attached hydrogens (tertiary/aromatic N) is 1. The zero-order valence-corrected chi connectivity index (χ0v) is 16.5. The molecule has 0 saturated heterocycles. The van der Waals surface area contributed by atoms with E-state index in [1.165, 1.54) is 11.3 Å². The summed E-state index contributed by atoms with van der Waals surface area (Å²) in [4.78, 5) is 39.3. The molecule has 28 heavy (non-hydrogen) atoms. The SMILES string of the molecule is CCOC(=O)Cc1csc(NC(=O)COC(=O)CCc2ccccc2OC)n1. The molecule has 1 aromatic carbocycles. The third-order valence-corrected chi connectivity index (χ3v) is 4.39. The van der Waals surface area contributed by atoms with Crippen LogP contribution in [-0.2, 0) is 36.7 Å². The van der Waals surface area contributed by atoms with E-state index in [0.29, 0.717) is 29.6 Å². The first-order chi connectivity index (χ1) is 13.5. The van der Waals surface area contributed by atoms with Crippen molar-refractivity contribution >= 4 is 34.3 Å². The topological polar surface area (TPSA) is 104 Å². The number of carbonyl (C=O) groups is 3. The average Bonchev–Trinajstić information content (AvgIpc) is 3.11. The van der Waals surface area contributed by atoms with Crippen molar-refractivity contribution in [2.24, 2.45) is 0 Å². The fourth-order valence-corrected chi connectivity index (χ4v) is 3.05. The van der Waals surface area contributed by atoms with Crippen molar-refractivity contribution < 1.29 is 28.6 Å². The second kappa shape index (κ2) is 11.0. The van der Waals surface area contributed by atoms with Crippen molar-refractivity contribution in [1.82, 2.24) is 4.98 Å². The highest BCUT2D eigenvalue weighted by Gasteiger charge is 2.13. The van der Waals surface area contributed by atoms with Crippen LogP contribution < -0.4 is 10.1 Å². The summed E-state index contributed by atoms with van der Waals surface area (Å²) in [7, 11) is 1.57. The summed E-state index contributed by atoms with van der Waals surface area (Å²) >= 11 is 1.18. The number of para-hydroxylation sites is 1. The number of aryl methyl sites for hydroxylation is 1. The Morgan fingerprint density at radius 1 is 1.14 bits per heavy atom. The van der Waals surface area contributed by atoms with Crippen molar-refractivity contribution in [3.63, 3.8) is 0 Å². The molecule has 0 aliphatic carbocycles. The number of hydrogen-bond acceptors (Lipinski definition) is 8. The second-order valence-corrected chi connectivity index (χ2v) is 6.50. The van der Waals surface area contributed by atoms with Gasteiger partial charge in [-0.25, -0.2) is 4.98 Å². The molecule has 0 bridgehead atoms. The lowest BCUT2D eigenvalue weighted by atomic mass is 10.1. The van der Waals surface area contributed by atoms with Crippen molar-refractivity contribution in [3.05, 3.63) is 40.9 Å². The second-order valence-electron chi connectivity index (χ2n) is 5.65. The number of anilines is 1. The number of benzene rings is 1. The van der Waals surface area contributed by atoms with Crippen LogP contribution in [0.15, 0.2) is 29.6 Å². The third kappa shape index (κ3) is 6.99. The minimum absolute atomic E-state index is 0.0398. The number of nitrogens with one attached hydrogen (secondary N) is 1. The Kier molecular flexibility index (Phi) is 8.41. The lowest BCUT2D eigenvalue weighted by Gasteiger charge is -2.08. The molecule has 0 saturated carbocycles. The summed E-state index contributed by atoms with van der Waals surface area (Å²) in [5.41, 5.74) is 1.40. The number of esters is 2. The van der Waals surface area contributed by atoms with Gasteiger partial charge >= 0.3 is 11.9 Å². The predicted molar refractivity (Wildman–Crippen MR) is 103 cm³/mol. The van der Waals surface area contributed by atoms with Crippen LogP contribution >= 0.6 is 11.3 Å². The van der Waals surface area contributed by atoms with E-state index >= 15 is 0 Å². The van der Waals surface area contributed by atoms with Gasteiger partial charge in [0, 0.05) is 11.8 Å². The van der Waals surface area contributed by atoms with Gasteiger partial charge in [-0.05, 0) is 25.0 Å². The molecule has 2 aromatic rings. The highest BCUT2D eigenvalue weighted by atomic mass is 32.1. The van der Waals surface area contributed by atoms with E-state index in [1.54, 1.807) is 19.4 Å². The zero-order valence-electron chi connectivity index (χ0n) is 15.7. The minimum Gasteiger partial charge on any atom is -0.496 e. The van der Waals surface area contributed by atoms with E-state index < -0.39 is 18.5 Å². The Bertz CT molecular complexity index is 820. The fourth-order valence-electron chi connectivity index (χ4n) is 2.33. The number of ether oxygens (including phenoxy) is 3. The van der Waals surface area contributed by atoms with Crippen molar-refractivity contribution in [2.75, 3.05) is 25.6 Å². The van der Waals surface area contributed by atoms with Crippen LogP contribution in [-0.4, -0.2) is 43.2 Å². The number of methoxy groups -OCH3 is 1. The lowest BCUT2D eigenvalue weighted by Crippen LogP contribution is -2.21. The van der Waals surface area contributed by atoms with Crippen LogP contribution in [0.4, 0.5) is 5.13 Å². The maximum absolute atomic E-state index is 11.9. The van der Waals surface area contributed by atoms with Crippen LogP contribution in [0.1, 0.15) is 24.6 Å². The maximum Gasteiger partial charge on any atom is 0.311 e. The van der Waals surface area contributed by atoms with Crippen molar-refractivity contribution in [3.8, 4) is 5.75 Å². The number of rotatable bonds is 10. The molecule has 0 atom stereocenters. The van der Waals surface area contributed by atoms with Crippen LogP contribution in [0, 0.1) is 0 Å². The van der Waals surface area contributed by atoms with Gasteiger partial charge < -0.3 is 14.2 Å². The van der Waals surface area contributed by atoms with Gasteiger partial charge in [0.15, 0.2) is 11.7 Å². The van der Waals surface area contributed by atoms with Crippen molar-refractivity contribution in [1.29, 1.82) is 0 Å². The molecule has 0 unspecified atom stereocenters. The summed E-state index contributed by atoms with van der Waals surface area (Å²) in [5, 5.41) is 4.52. The van der Waals surface area contributed by atoms with Crippen LogP contribution in [0.25, 0.3) is 0 Å². The van der Waals surface area contributed by atoms with E-state index in [2.05, 4.69) is 10.3 Å². The van der Waals surface area contributed by atoms with Gasteiger partial charge in [0.2, 0.25) is 0 Å². The maximum atomic E-state index is 11.9.